The molecule has 0 aliphatic rings. The van der Waals surface area contributed by atoms with Crippen LogP contribution in [0, 0.1) is 5.92 Å². The van der Waals surface area contributed by atoms with E-state index >= 15 is 0 Å². The van der Waals surface area contributed by atoms with E-state index in [4.69, 9.17) is 0 Å². The van der Waals surface area contributed by atoms with Crippen molar-refractivity contribution in [1.82, 2.24) is 4.98 Å². The molecule has 0 bridgehead atoms. The minimum absolute atomic E-state index is 0.277. The van der Waals surface area contributed by atoms with Crippen LogP contribution >= 0.6 is 0 Å². The normalized spacial score (nSPS) is 14.9. The first-order valence-corrected chi connectivity index (χ1v) is 5.74. The van der Waals surface area contributed by atoms with Crippen molar-refractivity contribution >= 4 is 10.8 Å². The molecule has 0 spiro atoms. The van der Waals surface area contributed by atoms with Crippen LogP contribution in [0.25, 0.3) is 10.8 Å². The monoisotopic (exact) mass is 215 g/mol. The molecule has 0 fully saturated rings. The van der Waals surface area contributed by atoms with Crippen LogP contribution in [0.15, 0.2) is 36.7 Å². The second-order valence-electron chi connectivity index (χ2n) is 4.27. The third-order valence-corrected chi connectivity index (χ3v) is 3.22. The van der Waals surface area contributed by atoms with Gasteiger partial charge in [-0.15, -0.1) is 0 Å². The largest absolute Gasteiger partial charge is 0.388 e. The van der Waals surface area contributed by atoms with Crippen molar-refractivity contribution < 1.29 is 5.11 Å². The highest BCUT2D eigenvalue weighted by atomic mass is 16.3. The molecule has 2 aromatic rings. The molecule has 0 amide bonds. The zero-order valence-electron chi connectivity index (χ0n) is 9.72. The molecular weight excluding hydrogens is 198 g/mol. The summed E-state index contributed by atoms with van der Waals surface area (Å²) in [5, 5.41) is 12.5. The Labute approximate surface area is 96.0 Å². The zero-order valence-corrected chi connectivity index (χ0v) is 9.72. The second-order valence-corrected chi connectivity index (χ2v) is 4.27. The van der Waals surface area contributed by atoms with Gasteiger partial charge in [0.05, 0.1) is 6.10 Å². The Hall–Kier alpha value is -1.41. The van der Waals surface area contributed by atoms with E-state index in [1.165, 1.54) is 0 Å². The number of rotatable bonds is 3. The molecule has 2 heteroatoms. The summed E-state index contributed by atoms with van der Waals surface area (Å²) < 4.78 is 0. The van der Waals surface area contributed by atoms with Gasteiger partial charge in [0.1, 0.15) is 0 Å². The molecule has 0 saturated heterocycles. The van der Waals surface area contributed by atoms with Gasteiger partial charge < -0.3 is 5.11 Å². The molecule has 0 radical (unpaired) electrons. The van der Waals surface area contributed by atoms with Crippen molar-refractivity contribution in [2.24, 2.45) is 5.92 Å². The Morgan fingerprint density at radius 1 is 1.31 bits per heavy atom. The summed E-state index contributed by atoms with van der Waals surface area (Å²) in [5.74, 6) is 0.277. The van der Waals surface area contributed by atoms with Gasteiger partial charge in [-0.05, 0) is 22.9 Å². The van der Waals surface area contributed by atoms with E-state index in [1.807, 2.05) is 30.5 Å². The topological polar surface area (TPSA) is 33.1 Å². The van der Waals surface area contributed by atoms with E-state index in [0.717, 1.165) is 22.8 Å². The van der Waals surface area contributed by atoms with Gasteiger partial charge in [0.15, 0.2) is 0 Å². The lowest BCUT2D eigenvalue weighted by Gasteiger charge is -2.19. The highest BCUT2D eigenvalue weighted by Gasteiger charge is 2.16. The molecular formula is C14H17NO. The lowest BCUT2D eigenvalue weighted by Crippen LogP contribution is -2.08. The van der Waals surface area contributed by atoms with Crippen molar-refractivity contribution in [3.05, 3.63) is 42.2 Å². The SMILES string of the molecule is CCC(C)C(O)c1cccc2cnccc12. The van der Waals surface area contributed by atoms with Gasteiger partial charge in [0, 0.05) is 17.8 Å². The summed E-state index contributed by atoms with van der Waals surface area (Å²) in [5.41, 5.74) is 1.01. The molecule has 2 atom stereocenters. The quantitative estimate of drug-likeness (QED) is 0.852. The van der Waals surface area contributed by atoms with Gasteiger partial charge in [0.25, 0.3) is 0 Å². The standard InChI is InChI=1S/C14H17NO/c1-3-10(2)14(16)13-6-4-5-11-9-15-8-7-12(11)13/h4-10,14,16H,3H2,1-2H3. The van der Waals surface area contributed by atoms with E-state index in [1.54, 1.807) is 6.20 Å². The number of pyridine rings is 1. The highest BCUT2D eigenvalue weighted by Crippen LogP contribution is 2.29. The summed E-state index contributed by atoms with van der Waals surface area (Å²) in [6.45, 7) is 4.17. The predicted octanol–water partition coefficient (Wildman–Crippen LogP) is 3.31. The van der Waals surface area contributed by atoms with Crippen LogP contribution in [0.4, 0.5) is 0 Å². The Morgan fingerprint density at radius 2 is 2.12 bits per heavy atom. The molecule has 0 aliphatic heterocycles. The summed E-state index contributed by atoms with van der Waals surface area (Å²) in [7, 11) is 0. The molecule has 84 valence electrons. The fraction of sp³-hybridized carbons (Fsp3) is 0.357. The van der Waals surface area contributed by atoms with E-state index in [0.29, 0.717) is 0 Å². The van der Waals surface area contributed by atoms with Crippen molar-refractivity contribution in [3.8, 4) is 0 Å². The van der Waals surface area contributed by atoms with E-state index < -0.39 is 6.10 Å². The number of aromatic nitrogens is 1. The summed E-state index contributed by atoms with van der Waals surface area (Å²) >= 11 is 0. The van der Waals surface area contributed by atoms with Crippen LogP contribution in [0.5, 0.6) is 0 Å². The predicted molar refractivity (Wildman–Crippen MR) is 66.2 cm³/mol. The number of hydrogen-bond donors (Lipinski definition) is 1. The number of fused-ring (bicyclic) bond motifs is 1. The Kier molecular flexibility index (Phi) is 3.20. The van der Waals surface area contributed by atoms with Crippen LogP contribution in [0.3, 0.4) is 0 Å². The number of hydrogen-bond acceptors (Lipinski definition) is 2. The number of aliphatic hydroxyl groups is 1. The molecule has 1 N–H and O–H groups in total. The van der Waals surface area contributed by atoms with Crippen LogP contribution in [-0.4, -0.2) is 10.1 Å². The number of benzene rings is 1. The van der Waals surface area contributed by atoms with Gasteiger partial charge in [-0.25, -0.2) is 0 Å². The molecule has 0 saturated carbocycles. The molecule has 16 heavy (non-hydrogen) atoms. The molecule has 1 aromatic heterocycles. The fourth-order valence-electron chi connectivity index (χ4n) is 1.94. The van der Waals surface area contributed by atoms with Crippen molar-refractivity contribution in [2.75, 3.05) is 0 Å². The van der Waals surface area contributed by atoms with Gasteiger partial charge >= 0.3 is 0 Å². The molecule has 1 aromatic carbocycles. The first kappa shape index (κ1) is 11.1. The molecule has 2 nitrogen and oxygen atoms in total. The minimum Gasteiger partial charge on any atom is -0.388 e. The van der Waals surface area contributed by atoms with Crippen LogP contribution in [0.1, 0.15) is 31.9 Å². The molecule has 1 heterocycles. The van der Waals surface area contributed by atoms with Gasteiger partial charge in [0.2, 0.25) is 0 Å². The number of aliphatic hydroxyl groups excluding tert-OH is 1. The first-order valence-electron chi connectivity index (χ1n) is 5.74. The maximum absolute atomic E-state index is 10.3. The van der Waals surface area contributed by atoms with Gasteiger partial charge in [-0.3, -0.25) is 4.98 Å². The third kappa shape index (κ3) is 1.93. The first-order chi connectivity index (χ1) is 7.74. The van der Waals surface area contributed by atoms with E-state index in [-0.39, 0.29) is 5.92 Å². The Balaban J connectivity index is 2.52. The van der Waals surface area contributed by atoms with E-state index in [2.05, 4.69) is 18.8 Å². The molecule has 0 aliphatic carbocycles. The average molecular weight is 215 g/mol. The fourth-order valence-corrected chi connectivity index (χ4v) is 1.94. The van der Waals surface area contributed by atoms with Crippen LogP contribution in [-0.2, 0) is 0 Å². The van der Waals surface area contributed by atoms with Crippen molar-refractivity contribution in [1.29, 1.82) is 0 Å². The zero-order chi connectivity index (χ0) is 11.5. The lowest BCUT2D eigenvalue weighted by molar-refractivity contribution is 0.117. The second kappa shape index (κ2) is 4.62. The van der Waals surface area contributed by atoms with Crippen LogP contribution < -0.4 is 0 Å². The molecule has 2 rings (SSSR count). The highest BCUT2D eigenvalue weighted by molar-refractivity contribution is 5.85. The summed E-state index contributed by atoms with van der Waals surface area (Å²) in [4.78, 5) is 4.10. The smallest absolute Gasteiger partial charge is 0.0821 e. The van der Waals surface area contributed by atoms with Crippen molar-refractivity contribution in [2.45, 2.75) is 26.4 Å². The van der Waals surface area contributed by atoms with E-state index in [9.17, 15) is 5.11 Å². The Morgan fingerprint density at radius 3 is 2.88 bits per heavy atom. The average Bonchev–Trinajstić information content (AvgIpc) is 2.36. The maximum atomic E-state index is 10.3. The maximum Gasteiger partial charge on any atom is 0.0821 e. The van der Waals surface area contributed by atoms with Crippen LogP contribution in [0.2, 0.25) is 0 Å². The number of nitrogens with zero attached hydrogens (tertiary/aromatic N) is 1. The summed E-state index contributed by atoms with van der Waals surface area (Å²) in [6, 6.07) is 7.97. The third-order valence-electron chi connectivity index (χ3n) is 3.22. The van der Waals surface area contributed by atoms with Gasteiger partial charge in [-0.2, -0.15) is 0 Å². The minimum atomic E-state index is -0.393. The molecule has 2 unspecified atom stereocenters. The lowest BCUT2D eigenvalue weighted by atomic mass is 9.92. The Bertz CT molecular complexity index is 476. The summed E-state index contributed by atoms with van der Waals surface area (Å²) in [6.07, 6.45) is 4.19. The van der Waals surface area contributed by atoms with Crippen molar-refractivity contribution in [3.63, 3.8) is 0 Å². The van der Waals surface area contributed by atoms with Gasteiger partial charge in [-0.1, -0.05) is 38.5 Å².